The van der Waals surface area contributed by atoms with Crippen LogP contribution in [-0.4, -0.2) is 34.0 Å². The van der Waals surface area contributed by atoms with Crippen molar-refractivity contribution in [1.29, 1.82) is 0 Å². The Bertz CT molecular complexity index is 1460. The Morgan fingerprint density at radius 2 is 1.91 bits per heavy atom. The van der Waals surface area contributed by atoms with Crippen molar-refractivity contribution in [3.63, 3.8) is 0 Å². The third-order valence-corrected chi connectivity index (χ3v) is 6.34. The lowest BCUT2D eigenvalue weighted by Crippen LogP contribution is -2.24. The van der Waals surface area contributed by atoms with Gasteiger partial charge in [-0.1, -0.05) is 53.2 Å². The van der Waals surface area contributed by atoms with E-state index >= 15 is 0 Å². The first-order valence-electron chi connectivity index (χ1n) is 10.6. The highest BCUT2D eigenvalue weighted by atomic mass is 35.5. The van der Waals surface area contributed by atoms with Gasteiger partial charge in [0.15, 0.2) is 5.16 Å². The first-order chi connectivity index (χ1) is 17.0. The van der Waals surface area contributed by atoms with Crippen molar-refractivity contribution in [3.05, 3.63) is 92.7 Å². The second kappa shape index (κ2) is 11.4. The van der Waals surface area contributed by atoms with Crippen LogP contribution in [0.5, 0.6) is 5.75 Å². The highest BCUT2D eigenvalue weighted by Crippen LogP contribution is 2.23. The molecule has 10 heteroatoms. The second-order valence-electron chi connectivity index (χ2n) is 7.23. The Morgan fingerprint density at radius 3 is 2.66 bits per heavy atom. The van der Waals surface area contributed by atoms with Crippen LogP contribution in [0.25, 0.3) is 16.6 Å². The van der Waals surface area contributed by atoms with E-state index in [0.717, 1.165) is 11.8 Å². The number of benzene rings is 3. The average molecular weight is 527 g/mol. The third kappa shape index (κ3) is 6.03. The van der Waals surface area contributed by atoms with Crippen molar-refractivity contribution in [2.24, 2.45) is 5.10 Å². The number of carbonyl (C=O) groups is 1. The number of amides is 1. The molecule has 0 atom stereocenters. The van der Waals surface area contributed by atoms with Crippen LogP contribution < -0.4 is 15.7 Å². The topological polar surface area (TPSA) is 85.6 Å². The summed E-state index contributed by atoms with van der Waals surface area (Å²) < 4.78 is 6.99. The molecular weight excluding hydrogens is 507 g/mol. The molecule has 1 heterocycles. The lowest BCUT2D eigenvalue weighted by Gasteiger charge is -2.13. The molecule has 35 heavy (non-hydrogen) atoms. The number of carbonyl (C=O) groups excluding carboxylic acids is 1. The maximum Gasteiger partial charge on any atom is 0.266 e. The van der Waals surface area contributed by atoms with Crippen LogP contribution in [0.1, 0.15) is 12.5 Å². The second-order valence-corrected chi connectivity index (χ2v) is 9.01. The van der Waals surface area contributed by atoms with E-state index in [4.69, 9.17) is 27.9 Å². The zero-order valence-electron chi connectivity index (χ0n) is 18.6. The Balaban J connectivity index is 1.56. The maximum absolute atomic E-state index is 13.3. The van der Waals surface area contributed by atoms with Gasteiger partial charge in [-0.05, 0) is 55.5 Å². The van der Waals surface area contributed by atoms with Crippen molar-refractivity contribution >= 4 is 58.0 Å². The summed E-state index contributed by atoms with van der Waals surface area (Å²) in [6.45, 7) is 2.44. The average Bonchev–Trinajstić information content (AvgIpc) is 2.85. The zero-order chi connectivity index (χ0) is 24.8. The molecule has 0 fully saturated rings. The molecule has 1 N–H and O–H groups in total. The molecule has 1 aromatic heterocycles. The molecule has 1 amide bonds. The lowest BCUT2D eigenvalue weighted by atomic mass is 10.2. The fraction of sp³-hybridized carbons (Fsp3) is 0.120. The number of fused-ring (bicyclic) bond motifs is 1. The molecule has 4 aromatic rings. The van der Waals surface area contributed by atoms with Crippen molar-refractivity contribution in [2.45, 2.75) is 12.1 Å². The summed E-state index contributed by atoms with van der Waals surface area (Å²) in [7, 11) is 0. The van der Waals surface area contributed by atoms with E-state index in [9.17, 15) is 9.59 Å². The van der Waals surface area contributed by atoms with Crippen molar-refractivity contribution < 1.29 is 9.53 Å². The number of rotatable bonds is 8. The number of para-hydroxylation sites is 1. The number of hydrazone groups is 1. The summed E-state index contributed by atoms with van der Waals surface area (Å²) >= 11 is 13.1. The van der Waals surface area contributed by atoms with E-state index in [0.29, 0.717) is 49.7 Å². The van der Waals surface area contributed by atoms with Crippen LogP contribution in [0, 0.1) is 0 Å². The lowest BCUT2D eigenvalue weighted by molar-refractivity contribution is -0.118. The van der Waals surface area contributed by atoms with E-state index in [1.54, 1.807) is 60.7 Å². The summed E-state index contributed by atoms with van der Waals surface area (Å²) in [4.78, 5) is 30.4. The molecule has 0 aliphatic carbocycles. The molecule has 0 aliphatic heterocycles. The van der Waals surface area contributed by atoms with Gasteiger partial charge in [0.05, 0.1) is 40.2 Å². The highest BCUT2D eigenvalue weighted by molar-refractivity contribution is 7.99. The molecule has 178 valence electrons. The van der Waals surface area contributed by atoms with Crippen molar-refractivity contribution in [1.82, 2.24) is 15.0 Å². The van der Waals surface area contributed by atoms with E-state index in [1.165, 1.54) is 10.8 Å². The summed E-state index contributed by atoms with van der Waals surface area (Å²) in [5.41, 5.74) is 4.03. The number of hydrogen-bond donors (Lipinski definition) is 1. The summed E-state index contributed by atoms with van der Waals surface area (Å²) in [5.74, 6) is 0.329. The molecule has 0 saturated carbocycles. The quantitative estimate of drug-likeness (QED) is 0.145. The normalized spacial score (nSPS) is 11.2. The van der Waals surface area contributed by atoms with E-state index in [-0.39, 0.29) is 17.2 Å². The van der Waals surface area contributed by atoms with Gasteiger partial charge in [-0.2, -0.15) is 5.10 Å². The fourth-order valence-electron chi connectivity index (χ4n) is 3.24. The van der Waals surface area contributed by atoms with Crippen LogP contribution in [0.3, 0.4) is 0 Å². The largest absolute Gasteiger partial charge is 0.494 e. The van der Waals surface area contributed by atoms with Gasteiger partial charge in [0.2, 0.25) is 0 Å². The van der Waals surface area contributed by atoms with Gasteiger partial charge in [-0.15, -0.1) is 0 Å². The molecule has 0 saturated heterocycles. The third-order valence-electron chi connectivity index (χ3n) is 4.84. The van der Waals surface area contributed by atoms with Gasteiger partial charge in [0.1, 0.15) is 5.75 Å². The number of halogens is 2. The standard InChI is InChI=1S/C25H20Cl2N4O3S/c1-2-34-19-11-9-18(10-12-19)31-24(33)20-5-3-4-6-22(20)29-25(31)35-15-23(32)30-28-14-16-7-8-17(26)13-21(16)27/h3-14H,2,15H2,1H3,(H,30,32). The highest BCUT2D eigenvalue weighted by Gasteiger charge is 2.15. The van der Waals surface area contributed by atoms with Gasteiger partial charge in [-0.25, -0.2) is 10.4 Å². The molecular formula is C25H20Cl2N4O3S. The number of ether oxygens (including phenoxy) is 1. The minimum absolute atomic E-state index is 0.00645. The van der Waals surface area contributed by atoms with Gasteiger partial charge >= 0.3 is 0 Å². The van der Waals surface area contributed by atoms with Crippen LogP contribution in [-0.2, 0) is 4.79 Å². The number of aromatic nitrogens is 2. The Morgan fingerprint density at radius 1 is 1.14 bits per heavy atom. The molecule has 0 unspecified atom stereocenters. The van der Waals surface area contributed by atoms with Gasteiger partial charge < -0.3 is 4.74 Å². The minimum Gasteiger partial charge on any atom is -0.494 e. The molecule has 0 radical (unpaired) electrons. The first-order valence-corrected chi connectivity index (χ1v) is 12.3. The summed E-state index contributed by atoms with van der Waals surface area (Å²) in [6.07, 6.45) is 1.44. The van der Waals surface area contributed by atoms with Crippen LogP contribution in [0.15, 0.2) is 81.8 Å². The zero-order valence-corrected chi connectivity index (χ0v) is 20.9. The molecule has 7 nitrogen and oxygen atoms in total. The Kier molecular flexibility index (Phi) is 8.07. The van der Waals surface area contributed by atoms with E-state index in [1.807, 2.05) is 13.0 Å². The number of thioether (sulfide) groups is 1. The van der Waals surface area contributed by atoms with Crippen LogP contribution in [0.2, 0.25) is 10.0 Å². The fourth-order valence-corrected chi connectivity index (χ4v) is 4.50. The molecule has 4 rings (SSSR count). The van der Waals surface area contributed by atoms with E-state index < -0.39 is 0 Å². The number of nitrogens with zero attached hydrogens (tertiary/aromatic N) is 3. The Labute approximate surface area is 215 Å². The number of nitrogens with one attached hydrogen (secondary N) is 1. The molecule has 0 aliphatic rings. The maximum atomic E-state index is 13.3. The van der Waals surface area contributed by atoms with Gasteiger partial charge in [-0.3, -0.25) is 14.2 Å². The number of hydrogen-bond acceptors (Lipinski definition) is 6. The summed E-state index contributed by atoms with van der Waals surface area (Å²) in [5, 5.41) is 5.75. The Hall–Kier alpha value is -3.33. The van der Waals surface area contributed by atoms with E-state index in [2.05, 4.69) is 15.5 Å². The van der Waals surface area contributed by atoms with Crippen LogP contribution >= 0.6 is 35.0 Å². The predicted molar refractivity (Wildman–Crippen MR) is 141 cm³/mol. The van der Waals surface area contributed by atoms with Gasteiger partial charge in [0.25, 0.3) is 11.5 Å². The summed E-state index contributed by atoms with van der Waals surface area (Å²) in [6, 6.07) is 19.2. The van der Waals surface area contributed by atoms with Crippen LogP contribution in [0.4, 0.5) is 0 Å². The molecule has 0 bridgehead atoms. The first kappa shape index (κ1) is 24.8. The van der Waals surface area contributed by atoms with Crippen molar-refractivity contribution in [2.75, 3.05) is 12.4 Å². The SMILES string of the molecule is CCOc1ccc(-n2c(SCC(=O)NN=Cc3ccc(Cl)cc3Cl)nc3ccccc3c2=O)cc1. The predicted octanol–water partition coefficient (Wildman–Crippen LogP) is 5.33. The smallest absolute Gasteiger partial charge is 0.266 e. The molecule has 3 aromatic carbocycles. The van der Waals surface area contributed by atoms with Crippen molar-refractivity contribution in [3.8, 4) is 11.4 Å². The monoisotopic (exact) mass is 526 g/mol. The van der Waals surface area contributed by atoms with Gasteiger partial charge in [0, 0.05) is 10.6 Å². The molecule has 0 spiro atoms. The minimum atomic E-state index is -0.364.